The highest BCUT2D eigenvalue weighted by molar-refractivity contribution is 5.95. The van der Waals surface area contributed by atoms with Crippen LogP contribution in [-0.2, 0) is 9.59 Å². The summed E-state index contributed by atoms with van der Waals surface area (Å²) < 4.78 is 0. The number of H-pyrrole nitrogens is 1. The van der Waals surface area contributed by atoms with Gasteiger partial charge in [-0.15, -0.1) is 0 Å². The van der Waals surface area contributed by atoms with Crippen LogP contribution in [0.1, 0.15) is 33.1 Å². The maximum atomic E-state index is 13.0. The van der Waals surface area contributed by atoms with Crippen LogP contribution < -0.4 is 10.2 Å². The van der Waals surface area contributed by atoms with Gasteiger partial charge in [0.25, 0.3) is 0 Å². The maximum Gasteiger partial charge on any atom is 0.229 e. The summed E-state index contributed by atoms with van der Waals surface area (Å²) in [5.41, 5.74) is 3.77. The third-order valence-electron chi connectivity index (χ3n) is 5.90. The van der Waals surface area contributed by atoms with Crippen molar-refractivity contribution < 1.29 is 9.59 Å². The number of nitrogens with zero attached hydrogens (tertiary/aromatic N) is 2. The van der Waals surface area contributed by atoms with Crippen molar-refractivity contribution in [3.8, 4) is 11.4 Å². The molecule has 1 aliphatic rings. The van der Waals surface area contributed by atoms with E-state index in [9.17, 15) is 9.59 Å². The zero-order chi connectivity index (χ0) is 21.3. The molecule has 156 valence electrons. The van der Waals surface area contributed by atoms with Gasteiger partial charge in [0, 0.05) is 36.2 Å². The average Bonchev–Trinajstić information content (AvgIpc) is 3.39. The molecule has 0 saturated heterocycles. The number of hydrogen-bond donors (Lipinski definition) is 2. The Bertz CT molecular complexity index is 1020. The molecule has 0 aliphatic heterocycles. The zero-order valence-corrected chi connectivity index (χ0v) is 17.7. The summed E-state index contributed by atoms with van der Waals surface area (Å²) in [4.78, 5) is 34.6. The van der Waals surface area contributed by atoms with Gasteiger partial charge in [0.1, 0.15) is 5.82 Å². The van der Waals surface area contributed by atoms with Crippen LogP contribution in [0.4, 0.5) is 5.69 Å². The highest BCUT2D eigenvalue weighted by Gasteiger charge is 2.33. The minimum Gasteiger partial charge on any atom is -0.353 e. The molecule has 0 spiro atoms. The monoisotopic (exact) mass is 404 g/mol. The number of benzene rings is 2. The summed E-state index contributed by atoms with van der Waals surface area (Å²) in [6.07, 6.45) is 2.37. The van der Waals surface area contributed by atoms with E-state index in [0.29, 0.717) is 6.42 Å². The molecule has 1 aliphatic carbocycles. The Hall–Kier alpha value is -3.15. The number of rotatable bonds is 5. The smallest absolute Gasteiger partial charge is 0.229 e. The van der Waals surface area contributed by atoms with E-state index < -0.39 is 0 Å². The molecule has 2 amide bonds. The van der Waals surface area contributed by atoms with Crippen LogP contribution in [0.15, 0.2) is 48.5 Å². The Morgan fingerprint density at radius 3 is 2.53 bits per heavy atom. The molecule has 1 aromatic heterocycles. The average molecular weight is 405 g/mol. The largest absolute Gasteiger partial charge is 0.353 e. The number of carbonyl (C=O) groups excluding carboxylic acids is 2. The van der Waals surface area contributed by atoms with Crippen LogP contribution in [0.3, 0.4) is 0 Å². The standard InChI is InChI=1S/C24H28N4O2/c1-15(2)23(29)25-18-11-8-17(14-18)24(30)28(3)19-12-9-16(10-13-19)22-26-20-6-4-5-7-21(20)27-22/h4-7,9-10,12-13,15,17-18H,8,11,14H2,1-3H3,(H,25,29)(H,26,27)/t17-,18+/m1/s1. The van der Waals surface area contributed by atoms with E-state index in [-0.39, 0.29) is 29.7 Å². The molecule has 0 radical (unpaired) electrons. The number of hydrogen-bond acceptors (Lipinski definition) is 3. The van der Waals surface area contributed by atoms with Gasteiger partial charge in [-0.25, -0.2) is 4.98 Å². The first kappa shape index (κ1) is 20.1. The first-order valence-corrected chi connectivity index (χ1v) is 10.6. The quantitative estimate of drug-likeness (QED) is 0.671. The van der Waals surface area contributed by atoms with Crippen molar-refractivity contribution in [3.05, 3.63) is 48.5 Å². The molecule has 1 saturated carbocycles. The number of carbonyl (C=O) groups is 2. The first-order chi connectivity index (χ1) is 14.4. The fraction of sp³-hybridized carbons (Fsp3) is 0.375. The van der Waals surface area contributed by atoms with Crippen LogP contribution in [0.5, 0.6) is 0 Å². The molecule has 3 aromatic rings. The van der Waals surface area contributed by atoms with Crippen molar-refractivity contribution in [2.45, 2.75) is 39.2 Å². The third kappa shape index (κ3) is 4.08. The summed E-state index contributed by atoms with van der Waals surface area (Å²) in [6, 6.07) is 15.9. The molecule has 4 rings (SSSR count). The Morgan fingerprint density at radius 1 is 1.10 bits per heavy atom. The SMILES string of the molecule is CC(C)C(=O)N[C@H]1CC[C@@H](C(=O)N(C)c2ccc(-c3nc4ccccc4[nH]3)cc2)C1. The predicted molar refractivity (Wildman–Crippen MR) is 119 cm³/mol. The van der Waals surface area contributed by atoms with Gasteiger partial charge in [-0.2, -0.15) is 0 Å². The molecule has 2 aromatic carbocycles. The lowest BCUT2D eigenvalue weighted by Crippen LogP contribution is -2.37. The molecule has 6 nitrogen and oxygen atoms in total. The van der Waals surface area contributed by atoms with E-state index >= 15 is 0 Å². The second kappa shape index (κ2) is 8.30. The fourth-order valence-electron chi connectivity index (χ4n) is 4.04. The summed E-state index contributed by atoms with van der Waals surface area (Å²) >= 11 is 0. The van der Waals surface area contributed by atoms with E-state index in [1.54, 1.807) is 4.90 Å². The molecule has 0 unspecified atom stereocenters. The van der Waals surface area contributed by atoms with Gasteiger partial charge in [0.05, 0.1) is 11.0 Å². The Kier molecular flexibility index (Phi) is 5.57. The maximum absolute atomic E-state index is 13.0. The van der Waals surface area contributed by atoms with Crippen LogP contribution in [0, 0.1) is 11.8 Å². The predicted octanol–water partition coefficient (Wildman–Crippen LogP) is 4.13. The van der Waals surface area contributed by atoms with Crippen LogP contribution in [0.25, 0.3) is 22.4 Å². The van der Waals surface area contributed by atoms with Crippen LogP contribution >= 0.6 is 0 Å². The van der Waals surface area contributed by atoms with Gasteiger partial charge in [-0.3, -0.25) is 9.59 Å². The molecular formula is C24H28N4O2. The molecule has 1 heterocycles. The molecule has 1 fully saturated rings. The van der Waals surface area contributed by atoms with Crippen molar-refractivity contribution in [2.75, 3.05) is 11.9 Å². The van der Waals surface area contributed by atoms with Crippen molar-refractivity contribution in [3.63, 3.8) is 0 Å². The minimum atomic E-state index is -0.0532. The second-order valence-corrected chi connectivity index (χ2v) is 8.42. The minimum absolute atomic E-state index is 0.0345. The van der Waals surface area contributed by atoms with Crippen molar-refractivity contribution in [1.29, 1.82) is 0 Å². The highest BCUT2D eigenvalue weighted by Crippen LogP contribution is 2.30. The number of anilines is 1. The number of imidazole rings is 1. The topological polar surface area (TPSA) is 78.1 Å². The highest BCUT2D eigenvalue weighted by atomic mass is 16.2. The Balaban J connectivity index is 1.41. The third-order valence-corrected chi connectivity index (χ3v) is 5.90. The van der Waals surface area contributed by atoms with Crippen LogP contribution in [-0.4, -0.2) is 34.9 Å². The molecule has 2 N–H and O–H groups in total. The molecular weight excluding hydrogens is 376 g/mol. The van der Waals surface area contributed by atoms with E-state index in [0.717, 1.165) is 41.0 Å². The number of amides is 2. The number of fused-ring (bicyclic) bond motifs is 1. The van der Waals surface area contributed by atoms with Gasteiger partial charge in [-0.1, -0.05) is 26.0 Å². The number of para-hydroxylation sites is 2. The van der Waals surface area contributed by atoms with Gasteiger partial charge in [0.15, 0.2) is 0 Å². The van der Waals surface area contributed by atoms with E-state index in [2.05, 4.69) is 15.3 Å². The molecule has 0 bridgehead atoms. The van der Waals surface area contributed by atoms with Crippen molar-refractivity contribution in [2.24, 2.45) is 11.8 Å². The molecule has 6 heteroatoms. The lowest BCUT2D eigenvalue weighted by Gasteiger charge is -2.22. The number of aromatic nitrogens is 2. The van der Waals surface area contributed by atoms with Gasteiger partial charge < -0.3 is 15.2 Å². The number of nitrogens with one attached hydrogen (secondary N) is 2. The van der Waals surface area contributed by atoms with Gasteiger partial charge in [0.2, 0.25) is 11.8 Å². The Morgan fingerprint density at radius 2 is 1.83 bits per heavy atom. The normalized spacial score (nSPS) is 18.7. The number of aromatic amines is 1. The lowest BCUT2D eigenvalue weighted by molar-refractivity contribution is -0.125. The zero-order valence-electron chi connectivity index (χ0n) is 17.7. The second-order valence-electron chi connectivity index (χ2n) is 8.42. The van der Waals surface area contributed by atoms with Gasteiger partial charge in [-0.05, 0) is 55.7 Å². The van der Waals surface area contributed by atoms with E-state index in [1.165, 1.54) is 0 Å². The summed E-state index contributed by atoms with van der Waals surface area (Å²) in [7, 11) is 1.82. The van der Waals surface area contributed by atoms with Crippen molar-refractivity contribution in [1.82, 2.24) is 15.3 Å². The summed E-state index contributed by atoms with van der Waals surface area (Å²) in [5.74, 6) is 0.891. The summed E-state index contributed by atoms with van der Waals surface area (Å²) in [6.45, 7) is 3.77. The summed E-state index contributed by atoms with van der Waals surface area (Å²) in [5, 5.41) is 3.06. The van der Waals surface area contributed by atoms with Crippen LogP contribution in [0.2, 0.25) is 0 Å². The van der Waals surface area contributed by atoms with Gasteiger partial charge >= 0.3 is 0 Å². The molecule has 2 atom stereocenters. The van der Waals surface area contributed by atoms with E-state index in [1.807, 2.05) is 69.4 Å². The van der Waals surface area contributed by atoms with E-state index in [4.69, 9.17) is 0 Å². The lowest BCUT2D eigenvalue weighted by atomic mass is 10.1. The van der Waals surface area contributed by atoms with Crippen molar-refractivity contribution >= 4 is 28.5 Å². The Labute approximate surface area is 176 Å². The first-order valence-electron chi connectivity index (χ1n) is 10.6. The fourth-order valence-corrected chi connectivity index (χ4v) is 4.04. The molecule has 30 heavy (non-hydrogen) atoms.